The van der Waals surface area contributed by atoms with Crippen LogP contribution in [0.2, 0.25) is 0 Å². The average molecular weight is 342 g/mol. The first-order valence-electron chi connectivity index (χ1n) is 9.27. The highest BCUT2D eigenvalue weighted by molar-refractivity contribution is 5.77. The largest absolute Gasteiger partial charge is 0.343 e. The van der Waals surface area contributed by atoms with Gasteiger partial charge in [0.25, 0.3) is 0 Å². The molecule has 4 rings (SSSR count). The Bertz CT molecular complexity index is 736. The van der Waals surface area contributed by atoms with Crippen molar-refractivity contribution in [2.24, 2.45) is 0 Å². The highest BCUT2D eigenvalue weighted by atomic mass is 16.2. The SMILES string of the molecule is CCn1cc(CN2Cc3ccnn3[C@H](CCN3CCCC3=O)C2)cn1. The third-order valence-corrected chi connectivity index (χ3v) is 5.27. The highest BCUT2D eigenvalue weighted by Crippen LogP contribution is 2.25. The molecule has 1 fully saturated rings. The van der Waals surface area contributed by atoms with E-state index in [0.717, 1.165) is 52.1 Å². The predicted octanol–water partition coefficient (Wildman–Crippen LogP) is 1.67. The van der Waals surface area contributed by atoms with Gasteiger partial charge < -0.3 is 4.90 Å². The minimum atomic E-state index is 0.306. The van der Waals surface area contributed by atoms with Gasteiger partial charge in [-0.15, -0.1) is 0 Å². The molecule has 0 radical (unpaired) electrons. The maximum atomic E-state index is 11.9. The fourth-order valence-electron chi connectivity index (χ4n) is 3.96. The van der Waals surface area contributed by atoms with Crippen LogP contribution in [0, 0.1) is 0 Å². The van der Waals surface area contributed by atoms with Crippen LogP contribution in [0.1, 0.15) is 43.5 Å². The molecule has 0 aromatic carbocycles. The molecule has 0 N–H and O–H groups in total. The molecule has 25 heavy (non-hydrogen) atoms. The summed E-state index contributed by atoms with van der Waals surface area (Å²) < 4.78 is 4.13. The Kier molecular flexibility index (Phi) is 4.57. The normalized spacial score (nSPS) is 21.1. The number of hydrogen-bond acceptors (Lipinski definition) is 4. The van der Waals surface area contributed by atoms with E-state index in [-0.39, 0.29) is 0 Å². The van der Waals surface area contributed by atoms with E-state index in [1.165, 1.54) is 11.3 Å². The molecule has 2 aliphatic rings. The van der Waals surface area contributed by atoms with Gasteiger partial charge in [0.1, 0.15) is 0 Å². The van der Waals surface area contributed by atoms with E-state index >= 15 is 0 Å². The Hall–Kier alpha value is -2.15. The van der Waals surface area contributed by atoms with Crippen LogP contribution in [-0.2, 0) is 24.4 Å². The van der Waals surface area contributed by atoms with Gasteiger partial charge in [-0.1, -0.05) is 0 Å². The first-order chi connectivity index (χ1) is 12.2. The van der Waals surface area contributed by atoms with Crippen molar-refractivity contribution in [3.63, 3.8) is 0 Å². The molecule has 4 heterocycles. The molecule has 0 spiro atoms. The first-order valence-corrected chi connectivity index (χ1v) is 9.27. The summed E-state index contributed by atoms with van der Waals surface area (Å²) in [7, 11) is 0. The molecule has 0 bridgehead atoms. The van der Waals surface area contributed by atoms with Crippen molar-refractivity contribution in [2.45, 2.75) is 51.9 Å². The molecule has 0 saturated carbocycles. The number of amides is 1. The van der Waals surface area contributed by atoms with Gasteiger partial charge in [0.15, 0.2) is 0 Å². The van der Waals surface area contributed by atoms with Crippen LogP contribution in [0.4, 0.5) is 0 Å². The monoisotopic (exact) mass is 342 g/mol. The maximum Gasteiger partial charge on any atom is 0.222 e. The van der Waals surface area contributed by atoms with Gasteiger partial charge in [0, 0.05) is 63.6 Å². The smallest absolute Gasteiger partial charge is 0.222 e. The summed E-state index contributed by atoms with van der Waals surface area (Å²) in [5.74, 6) is 0.306. The van der Waals surface area contributed by atoms with E-state index in [2.05, 4.69) is 39.0 Å². The first kappa shape index (κ1) is 16.3. The Morgan fingerprint density at radius 3 is 3.00 bits per heavy atom. The van der Waals surface area contributed by atoms with Crippen molar-refractivity contribution in [3.8, 4) is 0 Å². The number of aryl methyl sites for hydroxylation is 1. The number of nitrogens with zero attached hydrogens (tertiary/aromatic N) is 6. The second-order valence-corrected chi connectivity index (χ2v) is 7.07. The highest BCUT2D eigenvalue weighted by Gasteiger charge is 2.27. The molecule has 2 aliphatic heterocycles. The van der Waals surface area contributed by atoms with Crippen molar-refractivity contribution in [1.29, 1.82) is 0 Å². The van der Waals surface area contributed by atoms with Gasteiger partial charge >= 0.3 is 0 Å². The van der Waals surface area contributed by atoms with E-state index in [1.807, 2.05) is 22.0 Å². The third kappa shape index (κ3) is 3.46. The fraction of sp³-hybridized carbons (Fsp3) is 0.611. The zero-order valence-electron chi connectivity index (χ0n) is 14.8. The Labute approximate surface area is 148 Å². The van der Waals surface area contributed by atoms with Gasteiger partial charge in [-0.05, 0) is 25.8 Å². The lowest BCUT2D eigenvalue weighted by Crippen LogP contribution is -2.39. The predicted molar refractivity (Wildman–Crippen MR) is 93.7 cm³/mol. The van der Waals surface area contributed by atoms with E-state index < -0.39 is 0 Å². The van der Waals surface area contributed by atoms with Crippen LogP contribution >= 0.6 is 0 Å². The second-order valence-electron chi connectivity index (χ2n) is 7.07. The molecular formula is C18H26N6O. The van der Waals surface area contributed by atoms with Crippen LogP contribution in [0.5, 0.6) is 0 Å². The Balaban J connectivity index is 1.42. The summed E-state index contributed by atoms with van der Waals surface area (Å²) in [6.45, 7) is 7.54. The fourth-order valence-corrected chi connectivity index (χ4v) is 3.96. The van der Waals surface area contributed by atoms with Crippen molar-refractivity contribution in [2.75, 3.05) is 19.6 Å². The van der Waals surface area contributed by atoms with Crippen LogP contribution in [-0.4, -0.2) is 54.9 Å². The minimum absolute atomic E-state index is 0.306. The summed E-state index contributed by atoms with van der Waals surface area (Å²) in [5, 5.41) is 8.91. The molecule has 134 valence electrons. The van der Waals surface area contributed by atoms with Gasteiger partial charge in [0.05, 0.1) is 17.9 Å². The zero-order valence-corrected chi connectivity index (χ0v) is 14.8. The van der Waals surface area contributed by atoms with E-state index in [0.29, 0.717) is 18.4 Å². The van der Waals surface area contributed by atoms with Gasteiger partial charge in [-0.25, -0.2) is 0 Å². The second kappa shape index (κ2) is 7.00. The van der Waals surface area contributed by atoms with Gasteiger partial charge in [-0.2, -0.15) is 10.2 Å². The molecular weight excluding hydrogens is 316 g/mol. The number of rotatable bonds is 6. The molecule has 7 nitrogen and oxygen atoms in total. The number of carbonyl (C=O) groups is 1. The molecule has 0 aliphatic carbocycles. The summed E-state index contributed by atoms with van der Waals surface area (Å²) in [5.41, 5.74) is 2.51. The van der Waals surface area contributed by atoms with Crippen LogP contribution in [0.3, 0.4) is 0 Å². The van der Waals surface area contributed by atoms with E-state index in [4.69, 9.17) is 0 Å². The van der Waals surface area contributed by atoms with Crippen molar-refractivity contribution in [3.05, 3.63) is 35.9 Å². The average Bonchev–Trinajstić information content (AvgIpc) is 3.33. The van der Waals surface area contributed by atoms with Gasteiger partial charge in [0.2, 0.25) is 5.91 Å². The lowest BCUT2D eigenvalue weighted by Gasteiger charge is -2.34. The van der Waals surface area contributed by atoms with Crippen LogP contribution < -0.4 is 0 Å². The van der Waals surface area contributed by atoms with Crippen molar-refractivity contribution >= 4 is 5.91 Å². The summed E-state index contributed by atoms with van der Waals surface area (Å²) >= 11 is 0. The number of hydrogen-bond donors (Lipinski definition) is 0. The standard InChI is InChI=1S/C18H26N6O/c1-2-23-12-15(10-20-23)11-21-13-16-5-7-19-24(16)17(14-21)6-9-22-8-3-4-18(22)25/h5,7,10,12,17H,2-4,6,8-9,11,13-14H2,1H3/t17-/m1/s1. The molecule has 1 atom stereocenters. The summed E-state index contributed by atoms with van der Waals surface area (Å²) in [4.78, 5) is 16.3. The van der Waals surface area contributed by atoms with Crippen molar-refractivity contribution in [1.82, 2.24) is 29.4 Å². The molecule has 1 saturated heterocycles. The summed E-state index contributed by atoms with van der Waals surface area (Å²) in [6.07, 6.45) is 8.67. The molecule has 1 amide bonds. The number of carbonyl (C=O) groups excluding carboxylic acids is 1. The van der Waals surface area contributed by atoms with Crippen LogP contribution in [0.25, 0.3) is 0 Å². The Morgan fingerprint density at radius 2 is 2.24 bits per heavy atom. The van der Waals surface area contributed by atoms with E-state index in [9.17, 15) is 4.79 Å². The topological polar surface area (TPSA) is 59.2 Å². The zero-order chi connectivity index (χ0) is 17.2. The number of aromatic nitrogens is 4. The quantitative estimate of drug-likeness (QED) is 0.801. The van der Waals surface area contributed by atoms with E-state index in [1.54, 1.807) is 0 Å². The van der Waals surface area contributed by atoms with Crippen molar-refractivity contribution < 1.29 is 4.79 Å². The lowest BCUT2D eigenvalue weighted by atomic mass is 10.1. The molecule has 2 aromatic heterocycles. The third-order valence-electron chi connectivity index (χ3n) is 5.27. The number of fused-ring (bicyclic) bond motifs is 1. The van der Waals surface area contributed by atoms with Gasteiger partial charge in [-0.3, -0.25) is 19.1 Å². The maximum absolute atomic E-state index is 11.9. The molecule has 2 aromatic rings. The Morgan fingerprint density at radius 1 is 1.32 bits per heavy atom. The molecule has 7 heteroatoms. The lowest BCUT2D eigenvalue weighted by molar-refractivity contribution is -0.127. The number of likely N-dealkylation sites (tertiary alicyclic amines) is 1. The van der Waals surface area contributed by atoms with Crippen LogP contribution in [0.15, 0.2) is 24.7 Å². The minimum Gasteiger partial charge on any atom is -0.343 e. The summed E-state index contributed by atoms with van der Waals surface area (Å²) in [6, 6.07) is 2.43. The molecule has 0 unspecified atom stereocenters.